The van der Waals surface area contributed by atoms with Crippen LogP contribution in [0.15, 0.2) is 36.0 Å². The van der Waals surface area contributed by atoms with Crippen molar-refractivity contribution in [3.05, 3.63) is 36.0 Å². The molecular formula is C31H48N2O7S. The molecule has 3 rings (SSSR count). The minimum absolute atomic E-state index is 0.0310. The molecule has 2 amide bonds. The molecule has 1 spiro atoms. The van der Waals surface area contributed by atoms with Crippen molar-refractivity contribution in [1.29, 1.82) is 0 Å². The molecule has 3 heterocycles. The second-order valence-corrected chi connectivity index (χ2v) is 12.6. The number of hydrogen-bond donors (Lipinski definition) is 2. The fraction of sp³-hybridized carbons (Fsp3) is 0.710. The van der Waals surface area contributed by atoms with Gasteiger partial charge in [-0.1, -0.05) is 30.7 Å². The molecule has 3 aliphatic rings. The maximum absolute atomic E-state index is 12.4. The Balaban J connectivity index is 1.45. The zero-order chi connectivity index (χ0) is 30.0. The van der Waals surface area contributed by atoms with E-state index in [1.54, 1.807) is 24.8 Å². The first-order chi connectivity index (χ1) is 19.5. The molecule has 0 aromatic rings. The van der Waals surface area contributed by atoms with E-state index in [1.807, 2.05) is 13.2 Å². The normalized spacial score (nSPS) is 32.7. The van der Waals surface area contributed by atoms with Crippen LogP contribution >= 0.6 is 11.8 Å². The molecule has 9 nitrogen and oxygen atoms in total. The summed E-state index contributed by atoms with van der Waals surface area (Å²) in [6, 6.07) is -0.0895. The molecule has 3 saturated heterocycles. The van der Waals surface area contributed by atoms with Crippen LogP contribution in [0.2, 0.25) is 0 Å². The standard InChI is InChI=1S/C31H48N2O7S/c1-20(7-10-25-17-31(19-37-31)18-26(40-25)16-30(36)32-13-14-41-6)8-11-28-21(2)15-27(23(4)39-28)33-29(35)12-9-22(3)38-24(5)34/h7-10,12,21-23,25-28H,11,13-19H2,1-6H3,(H,32,36)(H,33,35)/b10-7+,12-9-,20-8+/t21-,22?,23+,25+,26+,27+,28-,31+/m0/s1. The van der Waals surface area contributed by atoms with Crippen molar-refractivity contribution in [2.45, 2.75) is 109 Å². The number of hydrogen-bond acceptors (Lipinski definition) is 8. The topological polar surface area (TPSA) is 115 Å². The van der Waals surface area contributed by atoms with Crippen LogP contribution in [0.3, 0.4) is 0 Å². The van der Waals surface area contributed by atoms with Gasteiger partial charge in [-0.15, -0.1) is 0 Å². The quantitative estimate of drug-likeness (QED) is 0.109. The number of epoxide rings is 1. The van der Waals surface area contributed by atoms with Gasteiger partial charge in [0, 0.05) is 38.1 Å². The Kier molecular flexibility index (Phi) is 12.9. The summed E-state index contributed by atoms with van der Waals surface area (Å²) in [6.45, 7) is 10.7. The Hall–Kier alpha value is -2.14. The summed E-state index contributed by atoms with van der Waals surface area (Å²) in [7, 11) is 0. The molecule has 0 aromatic carbocycles. The number of thioether (sulfide) groups is 1. The first kappa shape index (κ1) is 33.4. The maximum Gasteiger partial charge on any atom is 0.303 e. The summed E-state index contributed by atoms with van der Waals surface area (Å²) in [4.78, 5) is 35.7. The number of esters is 1. The van der Waals surface area contributed by atoms with Gasteiger partial charge < -0.3 is 29.6 Å². The monoisotopic (exact) mass is 592 g/mol. The van der Waals surface area contributed by atoms with Gasteiger partial charge in [0.2, 0.25) is 11.8 Å². The highest BCUT2D eigenvalue weighted by Gasteiger charge is 2.51. The van der Waals surface area contributed by atoms with Gasteiger partial charge in [-0.3, -0.25) is 14.4 Å². The van der Waals surface area contributed by atoms with Gasteiger partial charge in [-0.25, -0.2) is 0 Å². The molecule has 41 heavy (non-hydrogen) atoms. The minimum Gasteiger partial charge on any atom is -0.459 e. The summed E-state index contributed by atoms with van der Waals surface area (Å²) < 4.78 is 23.4. The molecule has 230 valence electrons. The van der Waals surface area contributed by atoms with Gasteiger partial charge in [-0.2, -0.15) is 11.8 Å². The molecule has 10 heteroatoms. The average Bonchev–Trinajstić information content (AvgIpc) is 3.64. The molecule has 8 atom stereocenters. The SMILES string of the molecule is CSCCNC(=O)C[C@@H]1C[C@@]2(CO2)C[C@@H](/C=C/C(C)=C/C[C@@H]2O[C@H](C)[C@H](NC(=O)/C=C\C(C)OC(C)=O)C[C@@H]2C)O1. The number of carbonyl (C=O) groups excluding carboxylic acids is 3. The van der Waals surface area contributed by atoms with Crippen molar-refractivity contribution in [3.8, 4) is 0 Å². The highest BCUT2D eigenvalue weighted by molar-refractivity contribution is 7.98. The Bertz CT molecular complexity index is 993. The van der Waals surface area contributed by atoms with Crippen LogP contribution in [0.4, 0.5) is 0 Å². The number of carbonyl (C=O) groups is 3. The number of nitrogens with one attached hydrogen (secondary N) is 2. The van der Waals surface area contributed by atoms with E-state index < -0.39 is 6.10 Å². The van der Waals surface area contributed by atoms with Gasteiger partial charge in [-0.05, 0) is 51.9 Å². The Morgan fingerprint density at radius 2 is 1.90 bits per heavy atom. The third kappa shape index (κ3) is 11.6. The van der Waals surface area contributed by atoms with Gasteiger partial charge in [0.05, 0.1) is 49.1 Å². The van der Waals surface area contributed by atoms with E-state index in [9.17, 15) is 14.4 Å². The van der Waals surface area contributed by atoms with Crippen LogP contribution in [0.5, 0.6) is 0 Å². The van der Waals surface area contributed by atoms with Crippen LogP contribution in [-0.4, -0.2) is 85.1 Å². The predicted molar refractivity (Wildman–Crippen MR) is 161 cm³/mol. The zero-order valence-electron chi connectivity index (χ0n) is 25.4. The summed E-state index contributed by atoms with van der Waals surface area (Å²) in [5.41, 5.74) is 0.987. The van der Waals surface area contributed by atoms with Crippen LogP contribution in [0.25, 0.3) is 0 Å². The van der Waals surface area contributed by atoms with Crippen molar-refractivity contribution >= 4 is 29.5 Å². The van der Waals surface area contributed by atoms with E-state index in [0.29, 0.717) is 13.0 Å². The Labute approximate surface area is 249 Å². The molecule has 1 unspecified atom stereocenters. The summed E-state index contributed by atoms with van der Waals surface area (Å²) >= 11 is 1.71. The lowest BCUT2D eigenvalue weighted by Crippen LogP contribution is -2.50. The minimum atomic E-state index is -0.457. The second-order valence-electron chi connectivity index (χ2n) is 11.6. The van der Waals surface area contributed by atoms with Crippen molar-refractivity contribution < 1.29 is 33.3 Å². The van der Waals surface area contributed by atoms with Crippen molar-refractivity contribution in [3.63, 3.8) is 0 Å². The van der Waals surface area contributed by atoms with E-state index in [2.05, 4.69) is 42.7 Å². The molecule has 0 bridgehead atoms. The van der Waals surface area contributed by atoms with Crippen molar-refractivity contribution in [2.24, 2.45) is 5.92 Å². The highest BCUT2D eigenvalue weighted by Crippen LogP contribution is 2.43. The number of ether oxygens (including phenoxy) is 4. The maximum atomic E-state index is 12.4. The molecule has 2 N–H and O–H groups in total. The fourth-order valence-corrected chi connectivity index (χ4v) is 5.75. The van der Waals surface area contributed by atoms with Crippen LogP contribution in [-0.2, 0) is 33.3 Å². The van der Waals surface area contributed by atoms with E-state index >= 15 is 0 Å². The first-order valence-corrected chi connectivity index (χ1v) is 16.1. The van der Waals surface area contributed by atoms with Gasteiger partial charge in [0.25, 0.3) is 0 Å². The van der Waals surface area contributed by atoms with Gasteiger partial charge in [0.15, 0.2) is 0 Å². The average molecular weight is 593 g/mol. The van der Waals surface area contributed by atoms with Gasteiger partial charge in [0.1, 0.15) is 6.10 Å². The number of allylic oxidation sites excluding steroid dienone is 2. The van der Waals surface area contributed by atoms with Crippen LogP contribution in [0.1, 0.15) is 66.7 Å². The van der Waals surface area contributed by atoms with E-state index in [0.717, 1.165) is 43.6 Å². The molecule has 0 radical (unpaired) electrons. The molecule has 3 fully saturated rings. The lowest BCUT2D eigenvalue weighted by molar-refractivity contribution is -0.143. The van der Waals surface area contributed by atoms with E-state index in [1.165, 1.54) is 13.0 Å². The lowest BCUT2D eigenvalue weighted by Gasteiger charge is -2.39. The first-order valence-electron chi connectivity index (χ1n) is 14.7. The molecular weight excluding hydrogens is 544 g/mol. The summed E-state index contributed by atoms with van der Waals surface area (Å²) in [6.07, 6.45) is 14.2. The largest absolute Gasteiger partial charge is 0.459 e. The van der Waals surface area contributed by atoms with Crippen molar-refractivity contribution in [1.82, 2.24) is 10.6 Å². The smallest absolute Gasteiger partial charge is 0.303 e. The van der Waals surface area contributed by atoms with Crippen LogP contribution < -0.4 is 10.6 Å². The van der Waals surface area contributed by atoms with Crippen LogP contribution in [0, 0.1) is 5.92 Å². The van der Waals surface area contributed by atoms with Crippen molar-refractivity contribution in [2.75, 3.05) is 25.2 Å². The third-order valence-electron chi connectivity index (χ3n) is 7.79. The highest BCUT2D eigenvalue weighted by atomic mass is 32.2. The summed E-state index contributed by atoms with van der Waals surface area (Å²) in [5, 5.41) is 5.99. The fourth-order valence-electron chi connectivity index (χ4n) is 5.45. The number of amides is 2. The number of rotatable bonds is 13. The Morgan fingerprint density at radius 3 is 2.59 bits per heavy atom. The van der Waals surface area contributed by atoms with Gasteiger partial charge >= 0.3 is 5.97 Å². The molecule has 0 saturated carbocycles. The predicted octanol–water partition coefficient (Wildman–Crippen LogP) is 3.87. The Morgan fingerprint density at radius 1 is 1.15 bits per heavy atom. The molecule has 0 aromatic heterocycles. The second kappa shape index (κ2) is 15.9. The lowest BCUT2D eigenvalue weighted by atomic mass is 9.88. The molecule has 3 aliphatic heterocycles. The zero-order valence-corrected chi connectivity index (χ0v) is 26.2. The van der Waals surface area contributed by atoms with E-state index in [4.69, 9.17) is 18.9 Å². The summed E-state index contributed by atoms with van der Waals surface area (Å²) in [5.74, 6) is 0.595. The third-order valence-corrected chi connectivity index (χ3v) is 8.41. The molecule has 0 aliphatic carbocycles. The van der Waals surface area contributed by atoms with E-state index in [-0.39, 0.29) is 59.8 Å².